The summed E-state index contributed by atoms with van der Waals surface area (Å²) in [7, 11) is 0. The van der Waals surface area contributed by atoms with Gasteiger partial charge in [0.25, 0.3) is 0 Å². The highest BCUT2D eigenvalue weighted by Gasteiger charge is 1.97. The molecule has 0 radical (unpaired) electrons. The molecule has 1 unspecified atom stereocenters. The van der Waals surface area contributed by atoms with Crippen LogP contribution >= 0.6 is 0 Å². The lowest BCUT2D eigenvalue weighted by atomic mass is 10.1. The molecule has 14 heavy (non-hydrogen) atoms. The maximum atomic E-state index is 9.08. The Bertz CT molecular complexity index is 256. The van der Waals surface area contributed by atoms with Crippen LogP contribution in [0.25, 0.3) is 0 Å². The molecular weight excluding hydrogens is 174 g/mol. The van der Waals surface area contributed by atoms with Crippen LogP contribution in [-0.4, -0.2) is 11.7 Å². The second kappa shape index (κ2) is 5.53. The Labute approximate surface area is 86.0 Å². The molecule has 0 aliphatic rings. The predicted molar refractivity (Wildman–Crippen MR) is 60.7 cm³/mol. The molecule has 2 N–H and O–H groups in total. The fraction of sp³-hybridized carbons (Fsp3) is 0.500. The number of hydrogen-bond donors (Lipinski definition) is 2. The lowest BCUT2D eigenvalue weighted by Crippen LogP contribution is -2.05. The van der Waals surface area contributed by atoms with Crippen LogP contribution in [0.1, 0.15) is 26.7 Å². The number of phenolic OH excluding ortho intramolecular Hbond substituents is 1. The van der Waals surface area contributed by atoms with E-state index in [0.717, 1.165) is 18.2 Å². The van der Waals surface area contributed by atoms with Gasteiger partial charge in [-0.05, 0) is 36.6 Å². The van der Waals surface area contributed by atoms with Gasteiger partial charge in [0.05, 0.1) is 0 Å². The number of anilines is 1. The van der Waals surface area contributed by atoms with Crippen LogP contribution in [0.15, 0.2) is 24.3 Å². The second-order valence-corrected chi connectivity index (χ2v) is 3.78. The van der Waals surface area contributed by atoms with Crippen molar-refractivity contribution < 1.29 is 5.11 Å². The van der Waals surface area contributed by atoms with Crippen molar-refractivity contribution in [2.24, 2.45) is 5.92 Å². The lowest BCUT2D eigenvalue weighted by molar-refractivity contribution is 0.475. The first-order valence-electron chi connectivity index (χ1n) is 5.25. The van der Waals surface area contributed by atoms with E-state index in [1.54, 1.807) is 12.1 Å². The fourth-order valence-corrected chi connectivity index (χ4v) is 1.25. The lowest BCUT2D eigenvalue weighted by Gasteiger charge is -2.10. The van der Waals surface area contributed by atoms with Gasteiger partial charge in [0.15, 0.2) is 0 Å². The molecular formula is C12H19NO. The van der Waals surface area contributed by atoms with E-state index >= 15 is 0 Å². The van der Waals surface area contributed by atoms with Gasteiger partial charge < -0.3 is 10.4 Å². The van der Waals surface area contributed by atoms with Crippen molar-refractivity contribution in [3.8, 4) is 5.75 Å². The molecule has 0 saturated carbocycles. The highest BCUT2D eigenvalue weighted by molar-refractivity contribution is 5.45. The topological polar surface area (TPSA) is 32.3 Å². The minimum atomic E-state index is 0.317. The predicted octanol–water partition coefficient (Wildman–Crippen LogP) is 3.24. The number of rotatable bonds is 5. The number of phenols is 1. The maximum Gasteiger partial charge on any atom is 0.115 e. The third-order valence-corrected chi connectivity index (χ3v) is 2.53. The van der Waals surface area contributed by atoms with Crippen LogP contribution in [0.5, 0.6) is 5.75 Å². The van der Waals surface area contributed by atoms with Crippen molar-refractivity contribution in [2.45, 2.75) is 26.7 Å². The van der Waals surface area contributed by atoms with Crippen molar-refractivity contribution in [3.63, 3.8) is 0 Å². The highest BCUT2D eigenvalue weighted by atomic mass is 16.3. The zero-order valence-corrected chi connectivity index (χ0v) is 8.96. The minimum absolute atomic E-state index is 0.317. The highest BCUT2D eigenvalue weighted by Crippen LogP contribution is 2.14. The molecule has 0 saturated heterocycles. The molecule has 1 atom stereocenters. The Kier molecular flexibility index (Phi) is 4.30. The SMILES string of the molecule is CCC(C)CCNc1ccc(O)cc1. The molecule has 78 valence electrons. The van der Waals surface area contributed by atoms with Crippen molar-refractivity contribution in [1.29, 1.82) is 0 Å². The molecule has 0 spiro atoms. The Morgan fingerprint density at radius 2 is 1.93 bits per heavy atom. The first-order chi connectivity index (χ1) is 6.72. The first kappa shape index (κ1) is 10.9. The van der Waals surface area contributed by atoms with E-state index < -0.39 is 0 Å². The number of aromatic hydroxyl groups is 1. The molecule has 0 bridgehead atoms. The molecule has 1 aromatic rings. The monoisotopic (exact) mass is 193 g/mol. The summed E-state index contributed by atoms with van der Waals surface area (Å²) in [5, 5.41) is 12.4. The number of hydrogen-bond acceptors (Lipinski definition) is 2. The summed E-state index contributed by atoms with van der Waals surface area (Å²) >= 11 is 0. The van der Waals surface area contributed by atoms with E-state index in [1.807, 2.05) is 12.1 Å². The second-order valence-electron chi connectivity index (χ2n) is 3.78. The van der Waals surface area contributed by atoms with Gasteiger partial charge >= 0.3 is 0 Å². The van der Waals surface area contributed by atoms with Gasteiger partial charge in [-0.2, -0.15) is 0 Å². The Morgan fingerprint density at radius 1 is 1.29 bits per heavy atom. The van der Waals surface area contributed by atoms with Crippen molar-refractivity contribution in [2.75, 3.05) is 11.9 Å². The zero-order chi connectivity index (χ0) is 10.4. The van der Waals surface area contributed by atoms with E-state index in [1.165, 1.54) is 12.8 Å². The fourth-order valence-electron chi connectivity index (χ4n) is 1.25. The summed E-state index contributed by atoms with van der Waals surface area (Å²) in [6, 6.07) is 7.19. The Hall–Kier alpha value is -1.18. The summed E-state index contributed by atoms with van der Waals surface area (Å²) in [5.74, 6) is 1.09. The summed E-state index contributed by atoms with van der Waals surface area (Å²) in [5.41, 5.74) is 1.08. The quantitative estimate of drug-likeness (QED) is 0.704. The molecule has 0 amide bonds. The average Bonchev–Trinajstić information content (AvgIpc) is 2.21. The third-order valence-electron chi connectivity index (χ3n) is 2.53. The van der Waals surface area contributed by atoms with Gasteiger partial charge in [-0.15, -0.1) is 0 Å². The van der Waals surface area contributed by atoms with Crippen LogP contribution in [0.2, 0.25) is 0 Å². The molecule has 0 aromatic heterocycles. The van der Waals surface area contributed by atoms with Gasteiger partial charge in [-0.3, -0.25) is 0 Å². The van der Waals surface area contributed by atoms with Crippen molar-refractivity contribution in [3.05, 3.63) is 24.3 Å². The molecule has 2 nitrogen and oxygen atoms in total. The maximum absolute atomic E-state index is 9.08. The van der Waals surface area contributed by atoms with E-state index in [-0.39, 0.29) is 0 Å². The Balaban J connectivity index is 2.28. The normalized spacial score (nSPS) is 12.4. The smallest absolute Gasteiger partial charge is 0.115 e. The van der Waals surface area contributed by atoms with E-state index in [9.17, 15) is 0 Å². The van der Waals surface area contributed by atoms with Gasteiger partial charge in [-0.1, -0.05) is 20.3 Å². The molecule has 0 fully saturated rings. The van der Waals surface area contributed by atoms with Crippen molar-refractivity contribution in [1.82, 2.24) is 0 Å². The van der Waals surface area contributed by atoms with Gasteiger partial charge in [0.2, 0.25) is 0 Å². The standard InChI is InChI=1S/C12H19NO/c1-3-10(2)8-9-13-11-4-6-12(14)7-5-11/h4-7,10,13-14H,3,8-9H2,1-2H3. The molecule has 0 aliphatic carbocycles. The van der Waals surface area contributed by atoms with Crippen LogP contribution in [-0.2, 0) is 0 Å². The number of nitrogens with one attached hydrogen (secondary N) is 1. The summed E-state index contributed by atoms with van der Waals surface area (Å²) < 4.78 is 0. The van der Waals surface area contributed by atoms with Gasteiger partial charge in [0.1, 0.15) is 5.75 Å². The molecule has 1 rings (SSSR count). The molecule has 0 aliphatic heterocycles. The summed E-state index contributed by atoms with van der Waals surface area (Å²) in [4.78, 5) is 0. The van der Waals surface area contributed by atoms with Crippen LogP contribution in [0.3, 0.4) is 0 Å². The minimum Gasteiger partial charge on any atom is -0.508 e. The summed E-state index contributed by atoms with van der Waals surface area (Å²) in [6.45, 7) is 5.48. The van der Waals surface area contributed by atoms with E-state index in [0.29, 0.717) is 5.75 Å². The van der Waals surface area contributed by atoms with Crippen molar-refractivity contribution >= 4 is 5.69 Å². The first-order valence-corrected chi connectivity index (χ1v) is 5.25. The Morgan fingerprint density at radius 3 is 2.50 bits per heavy atom. The summed E-state index contributed by atoms with van der Waals surface area (Å²) in [6.07, 6.45) is 2.43. The zero-order valence-electron chi connectivity index (χ0n) is 8.96. The average molecular weight is 193 g/mol. The van der Waals surface area contributed by atoms with E-state index in [2.05, 4.69) is 19.2 Å². The van der Waals surface area contributed by atoms with Crippen LogP contribution in [0, 0.1) is 5.92 Å². The number of benzene rings is 1. The molecule has 1 aromatic carbocycles. The molecule has 2 heteroatoms. The van der Waals surface area contributed by atoms with Crippen LogP contribution in [0.4, 0.5) is 5.69 Å². The largest absolute Gasteiger partial charge is 0.508 e. The molecule has 0 heterocycles. The van der Waals surface area contributed by atoms with Gasteiger partial charge in [0, 0.05) is 12.2 Å². The third kappa shape index (κ3) is 3.69. The van der Waals surface area contributed by atoms with E-state index in [4.69, 9.17) is 5.11 Å². The van der Waals surface area contributed by atoms with Crippen LogP contribution < -0.4 is 5.32 Å². The van der Waals surface area contributed by atoms with Gasteiger partial charge in [-0.25, -0.2) is 0 Å².